The summed E-state index contributed by atoms with van der Waals surface area (Å²) in [5.41, 5.74) is 0. The van der Waals surface area contributed by atoms with Gasteiger partial charge < -0.3 is 10.0 Å². The third-order valence-corrected chi connectivity index (χ3v) is 2.88. The van der Waals surface area contributed by atoms with Crippen molar-refractivity contribution in [1.29, 1.82) is 0 Å². The molecule has 2 nitrogen and oxygen atoms in total. The highest BCUT2D eigenvalue weighted by atomic mass is 16.3. The highest BCUT2D eigenvalue weighted by molar-refractivity contribution is 4.74. The first-order chi connectivity index (χ1) is 6.22. The summed E-state index contributed by atoms with van der Waals surface area (Å²) in [6.45, 7) is 8.48. The van der Waals surface area contributed by atoms with Gasteiger partial charge in [0, 0.05) is 13.2 Å². The van der Waals surface area contributed by atoms with Crippen LogP contribution in [0.5, 0.6) is 0 Å². The first kappa shape index (κ1) is 11.0. The van der Waals surface area contributed by atoms with E-state index in [1.807, 2.05) is 0 Å². The molecule has 1 atom stereocenters. The number of aliphatic hydroxyl groups is 1. The van der Waals surface area contributed by atoms with E-state index in [-0.39, 0.29) is 0 Å². The van der Waals surface area contributed by atoms with Crippen LogP contribution in [-0.4, -0.2) is 36.2 Å². The van der Waals surface area contributed by atoms with E-state index in [9.17, 15) is 0 Å². The Balaban J connectivity index is 2.03. The minimum Gasteiger partial charge on any atom is -0.396 e. The molecule has 0 aliphatic carbocycles. The third-order valence-electron chi connectivity index (χ3n) is 2.88. The highest BCUT2D eigenvalue weighted by Crippen LogP contribution is 2.16. The van der Waals surface area contributed by atoms with Gasteiger partial charge in [0.05, 0.1) is 0 Å². The van der Waals surface area contributed by atoms with Crippen LogP contribution in [0.3, 0.4) is 0 Å². The second-order valence-corrected chi connectivity index (χ2v) is 4.67. The lowest BCUT2D eigenvalue weighted by atomic mass is 10.1. The molecule has 0 saturated carbocycles. The van der Waals surface area contributed by atoms with Gasteiger partial charge in [0.15, 0.2) is 0 Å². The quantitative estimate of drug-likeness (QED) is 0.705. The van der Waals surface area contributed by atoms with Crippen molar-refractivity contribution in [3.63, 3.8) is 0 Å². The Morgan fingerprint density at radius 1 is 1.46 bits per heavy atom. The molecular formula is C11H23NO. The largest absolute Gasteiger partial charge is 0.396 e. The molecule has 78 valence electrons. The van der Waals surface area contributed by atoms with E-state index in [0.717, 1.165) is 12.5 Å². The minimum atomic E-state index is 0.376. The second-order valence-electron chi connectivity index (χ2n) is 4.67. The van der Waals surface area contributed by atoms with Gasteiger partial charge in [0.2, 0.25) is 0 Å². The van der Waals surface area contributed by atoms with Crippen LogP contribution in [0.25, 0.3) is 0 Å². The van der Waals surface area contributed by atoms with Gasteiger partial charge in [0.1, 0.15) is 0 Å². The average molecular weight is 185 g/mol. The Bertz CT molecular complexity index is 136. The zero-order valence-corrected chi connectivity index (χ0v) is 9.00. The Labute approximate surface area is 81.9 Å². The summed E-state index contributed by atoms with van der Waals surface area (Å²) in [4.78, 5) is 2.49. The van der Waals surface area contributed by atoms with Crippen molar-refractivity contribution in [3.8, 4) is 0 Å². The standard InChI is InChI=1S/C11H23NO/c1-10(2)4-3-6-12-7-5-11(8-12)9-13/h10-11,13H,3-9H2,1-2H3. The molecule has 1 unspecified atom stereocenters. The molecule has 1 N–H and O–H groups in total. The van der Waals surface area contributed by atoms with Gasteiger partial charge in [-0.2, -0.15) is 0 Å². The first-order valence-electron chi connectivity index (χ1n) is 5.55. The van der Waals surface area contributed by atoms with Crippen molar-refractivity contribution in [2.24, 2.45) is 11.8 Å². The topological polar surface area (TPSA) is 23.5 Å². The molecule has 0 aromatic heterocycles. The smallest absolute Gasteiger partial charge is 0.0471 e. The molecule has 0 aromatic carbocycles. The lowest BCUT2D eigenvalue weighted by molar-refractivity contribution is 0.220. The summed E-state index contributed by atoms with van der Waals surface area (Å²) in [5, 5.41) is 8.97. The fourth-order valence-electron chi connectivity index (χ4n) is 1.99. The summed E-state index contributed by atoms with van der Waals surface area (Å²) in [7, 11) is 0. The maximum Gasteiger partial charge on any atom is 0.0471 e. The predicted octanol–water partition coefficient (Wildman–Crippen LogP) is 1.74. The Morgan fingerprint density at radius 3 is 2.77 bits per heavy atom. The monoisotopic (exact) mass is 185 g/mol. The Kier molecular flexibility index (Phi) is 4.74. The number of nitrogens with zero attached hydrogens (tertiary/aromatic N) is 1. The van der Waals surface area contributed by atoms with Crippen molar-refractivity contribution < 1.29 is 5.11 Å². The van der Waals surface area contributed by atoms with Gasteiger partial charge in [-0.15, -0.1) is 0 Å². The van der Waals surface area contributed by atoms with E-state index in [0.29, 0.717) is 12.5 Å². The molecule has 0 spiro atoms. The molecule has 1 aliphatic heterocycles. The van der Waals surface area contributed by atoms with Gasteiger partial charge >= 0.3 is 0 Å². The molecule has 1 heterocycles. The first-order valence-corrected chi connectivity index (χ1v) is 5.55. The molecule has 2 heteroatoms. The number of rotatable bonds is 5. The van der Waals surface area contributed by atoms with Crippen LogP contribution in [0, 0.1) is 11.8 Å². The fourth-order valence-corrected chi connectivity index (χ4v) is 1.99. The van der Waals surface area contributed by atoms with E-state index >= 15 is 0 Å². The summed E-state index contributed by atoms with van der Waals surface area (Å²) < 4.78 is 0. The molecule has 1 rings (SSSR count). The molecule has 1 aliphatic rings. The number of aliphatic hydroxyl groups excluding tert-OH is 1. The number of hydrogen-bond donors (Lipinski definition) is 1. The third kappa shape index (κ3) is 4.10. The van der Waals surface area contributed by atoms with E-state index in [2.05, 4.69) is 18.7 Å². The van der Waals surface area contributed by atoms with Gasteiger partial charge in [-0.25, -0.2) is 0 Å². The minimum absolute atomic E-state index is 0.376. The molecule has 0 radical (unpaired) electrons. The van der Waals surface area contributed by atoms with E-state index in [4.69, 9.17) is 5.11 Å². The summed E-state index contributed by atoms with van der Waals surface area (Å²) in [6.07, 6.45) is 3.84. The van der Waals surface area contributed by atoms with Crippen molar-refractivity contribution in [1.82, 2.24) is 4.90 Å². The van der Waals surface area contributed by atoms with Crippen LogP contribution in [0.15, 0.2) is 0 Å². The molecule has 1 fully saturated rings. The van der Waals surface area contributed by atoms with Crippen LogP contribution in [0.4, 0.5) is 0 Å². The van der Waals surface area contributed by atoms with Crippen LogP contribution in [0.2, 0.25) is 0 Å². The van der Waals surface area contributed by atoms with Gasteiger partial charge in [-0.3, -0.25) is 0 Å². The fraction of sp³-hybridized carbons (Fsp3) is 1.00. The van der Waals surface area contributed by atoms with Gasteiger partial charge in [-0.05, 0) is 44.2 Å². The van der Waals surface area contributed by atoms with Crippen LogP contribution in [-0.2, 0) is 0 Å². The Hall–Kier alpha value is -0.0800. The van der Waals surface area contributed by atoms with E-state index < -0.39 is 0 Å². The van der Waals surface area contributed by atoms with Crippen LogP contribution >= 0.6 is 0 Å². The van der Waals surface area contributed by atoms with Crippen molar-refractivity contribution in [3.05, 3.63) is 0 Å². The maximum atomic E-state index is 8.97. The summed E-state index contributed by atoms with van der Waals surface area (Å²) in [6, 6.07) is 0. The van der Waals surface area contributed by atoms with Crippen molar-refractivity contribution in [2.75, 3.05) is 26.2 Å². The van der Waals surface area contributed by atoms with Crippen LogP contribution < -0.4 is 0 Å². The maximum absolute atomic E-state index is 8.97. The van der Waals surface area contributed by atoms with E-state index in [1.54, 1.807) is 0 Å². The molecule has 13 heavy (non-hydrogen) atoms. The normalized spacial score (nSPS) is 24.5. The molecular weight excluding hydrogens is 162 g/mol. The predicted molar refractivity (Wildman–Crippen MR) is 55.7 cm³/mol. The SMILES string of the molecule is CC(C)CCCN1CCC(CO)C1. The van der Waals surface area contributed by atoms with E-state index in [1.165, 1.54) is 32.4 Å². The second kappa shape index (κ2) is 5.61. The van der Waals surface area contributed by atoms with Gasteiger partial charge in [0.25, 0.3) is 0 Å². The Morgan fingerprint density at radius 2 is 2.23 bits per heavy atom. The van der Waals surface area contributed by atoms with Gasteiger partial charge in [-0.1, -0.05) is 13.8 Å². The number of likely N-dealkylation sites (tertiary alicyclic amines) is 1. The average Bonchev–Trinajstić information content (AvgIpc) is 2.52. The zero-order valence-electron chi connectivity index (χ0n) is 9.00. The van der Waals surface area contributed by atoms with Crippen molar-refractivity contribution in [2.45, 2.75) is 33.1 Å². The number of hydrogen-bond acceptors (Lipinski definition) is 2. The molecule has 0 amide bonds. The lowest BCUT2D eigenvalue weighted by Gasteiger charge is -2.15. The summed E-state index contributed by atoms with van der Waals surface area (Å²) >= 11 is 0. The molecule has 0 bridgehead atoms. The van der Waals surface area contributed by atoms with Crippen molar-refractivity contribution >= 4 is 0 Å². The summed E-state index contributed by atoms with van der Waals surface area (Å²) in [5.74, 6) is 1.38. The molecule has 1 saturated heterocycles. The van der Waals surface area contributed by atoms with Crippen LogP contribution in [0.1, 0.15) is 33.1 Å². The zero-order chi connectivity index (χ0) is 9.68. The molecule has 0 aromatic rings. The lowest BCUT2D eigenvalue weighted by Crippen LogP contribution is -2.22. The highest BCUT2D eigenvalue weighted by Gasteiger charge is 2.20.